The Morgan fingerprint density at radius 2 is 0.632 bits per heavy atom. The standard InChI is InChI=1S/C7H10N2.C6H9N3.C6H8N2.C5H7N3.2C4H6N2.7C4H10.C3H7N3.7CH4/c1-5-4-6(2)9-7(3)8-5;1-4-7-5(2)9-6(3)8-4;1-5-3-4-7-6(2)8-5;1-4-6-3-7-5(2)8-4;1-4-5-2-3-6-4;1-4-2-3-5-6-4;7*1-4(2)3;1-3-2-4-6-5-3;;;;;;;/h8-9H,1-4H2;7-9H,1-3H2;3-4,7-8H,1-2H2;3,8H,1-2H2,(H,6,7);2*2-3,5-6H,1H2;7*4H,1-3H3;4-6H,1-2H2;7*1H4. The zero-order chi connectivity index (χ0) is 63.9. The lowest BCUT2D eigenvalue weighted by molar-refractivity contribution is 0.602. The Kier molecular flexibility index (Phi) is 101. The fraction of sp³-hybridized carbons (Fsp3) is 0.529. The first-order valence-electron chi connectivity index (χ1n) is 27.4. The summed E-state index contributed by atoms with van der Waals surface area (Å²) in [6, 6.07) is 0. The second-order valence-electron chi connectivity index (χ2n) is 22.5. The van der Waals surface area contributed by atoms with Crippen LogP contribution >= 0.6 is 0 Å². The molecule has 7 rings (SSSR count). The van der Waals surface area contributed by atoms with E-state index in [-0.39, 0.29) is 52.0 Å². The van der Waals surface area contributed by atoms with Crippen LogP contribution in [0, 0.1) is 41.4 Å². The Balaban J connectivity index is -0.0000000553. The Morgan fingerprint density at radius 3 is 0.793 bits per heavy atom. The molecule has 7 heterocycles. The molecule has 516 valence electrons. The number of rotatable bonds is 0. The first-order valence-corrected chi connectivity index (χ1v) is 27.4. The van der Waals surface area contributed by atoms with E-state index in [0.29, 0.717) is 29.1 Å². The van der Waals surface area contributed by atoms with Crippen molar-refractivity contribution >= 4 is 6.34 Å². The average molecular weight is 1230 g/mol. The molecule has 0 spiro atoms. The monoisotopic (exact) mass is 1230 g/mol. The van der Waals surface area contributed by atoms with Crippen molar-refractivity contribution in [2.75, 3.05) is 6.54 Å². The third-order valence-corrected chi connectivity index (χ3v) is 5.42. The van der Waals surface area contributed by atoms with Crippen molar-refractivity contribution in [2.45, 2.75) is 204 Å². The molecule has 0 aliphatic carbocycles. The van der Waals surface area contributed by atoms with Crippen LogP contribution in [0.15, 0.2) is 203 Å². The van der Waals surface area contributed by atoms with Crippen molar-refractivity contribution in [1.29, 1.82) is 0 Å². The van der Waals surface area contributed by atoms with Crippen LogP contribution < -0.4 is 85.7 Å². The maximum atomic E-state index is 3.78. The quantitative estimate of drug-likeness (QED) is 0.109. The Bertz CT molecular complexity index is 1660. The van der Waals surface area contributed by atoms with Crippen LogP contribution in [-0.2, 0) is 0 Å². The molecule has 0 radical (unpaired) electrons. The lowest BCUT2D eigenvalue weighted by Gasteiger charge is -2.23. The van der Waals surface area contributed by atoms with E-state index >= 15 is 0 Å². The molecule has 0 saturated carbocycles. The molecule has 0 atom stereocenters. The maximum absolute atomic E-state index is 3.78. The molecular weight excluding hydrogens is 1080 g/mol. The van der Waals surface area contributed by atoms with Gasteiger partial charge in [0.05, 0.1) is 30.3 Å². The van der Waals surface area contributed by atoms with Crippen LogP contribution in [0.25, 0.3) is 0 Å². The highest BCUT2D eigenvalue weighted by molar-refractivity contribution is 5.60. The van der Waals surface area contributed by atoms with Crippen LogP contribution in [0.3, 0.4) is 0 Å². The molecule has 17 nitrogen and oxygen atoms in total. The van der Waals surface area contributed by atoms with Crippen molar-refractivity contribution in [3.05, 3.63) is 198 Å². The van der Waals surface area contributed by atoms with Gasteiger partial charge in [-0.2, -0.15) is 5.53 Å². The van der Waals surface area contributed by atoms with Crippen LogP contribution in [0.5, 0.6) is 0 Å². The van der Waals surface area contributed by atoms with Gasteiger partial charge in [-0.25, -0.2) is 10.4 Å². The van der Waals surface area contributed by atoms with Crippen molar-refractivity contribution in [2.24, 2.45) is 46.4 Å². The summed E-state index contributed by atoms with van der Waals surface area (Å²) in [6.07, 6.45) is 13.2. The Labute approximate surface area is 544 Å². The van der Waals surface area contributed by atoms with Gasteiger partial charge < -0.3 is 74.8 Å². The smallest absolute Gasteiger partial charge is 0.125 e. The summed E-state index contributed by atoms with van der Waals surface area (Å²) in [5.41, 5.74) is 18.4. The van der Waals surface area contributed by atoms with E-state index in [9.17, 15) is 0 Å². The van der Waals surface area contributed by atoms with Gasteiger partial charge in [-0.1, -0.05) is 283 Å². The van der Waals surface area contributed by atoms with Crippen molar-refractivity contribution in [3.8, 4) is 0 Å². The highest BCUT2D eigenvalue weighted by atomic mass is 15.6. The predicted molar refractivity (Wildman–Crippen MR) is 405 cm³/mol. The van der Waals surface area contributed by atoms with Gasteiger partial charge >= 0.3 is 0 Å². The molecule has 3 fully saturated rings. The minimum absolute atomic E-state index is 0. The number of aliphatic imine (C=N–C) groups is 1. The summed E-state index contributed by atoms with van der Waals surface area (Å²) in [7, 11) is 0. The number of hydrogen-bond donors (Lipinski definition) is 16. The van der Waals surface area contributed by atoms with Crippen molar-refractivity contribution < 1.29 is 0 Å². The first kappa shape index (κ1) is 114. The summed E-state index contributed by atoms with van der Waals surface area (Å²) in [5, 5.41) is 31.4. The predicted octanol–water partition coefficient (Wildman–Crippen LogP) is 17.5. The third-order valence-electron chi connectivity index (χ3n) is 5.42. The highest BCUT2D eigenvalue weighted by Gasteiger charge is 2.06. The van der Waals surface area contributed by atoms with E-state index < -0.39 is 0 Å². The fourth-order valence-corrected chi connectivity index (χ4v) is 3.36. The normalized spacial score (nSPS) is 13.7. The summed E-state index contributed by atoms with van der Waals surface area (Å²) < 4.78 is 0. The van der Waals surface area contributed by atoms with Gasteiger partial charge in [0.25, 0.3) is 0 Å². The van der Waals surface area contributed by atoms with Gasteiger partial charge in [-0.3, -0.25) is 0 Å². The minimum atomic E-state index is 0. The second-order valence-corrected chi connectivity index (χ2v) is 22.5. The van der Waals surface area contributed by atoms with Gasteiger partial charge in [-0.05, 0) is 53.6 Å². The number of allylic oxidation sites excluding steroid dienone is 2. The molecule has 0 aromatic heterocycles. The highest BCUT2D eigenvalue weighted by Crippen LogP contribution is 2.09. The summed E-state index contributed by atoms with van der Waals surface area (Å²) in [4.78, 5) is 3.78. The second kappa shape index (κ2) is 76.6. The molecule has 0 aromatic carbocycles. The summed E-state index contributed by atoms with van der Waals surface area (Å²) in [5.74, 6) is 11.6. The number of hydrazine groups is 3. The van der Waals surface area contributed by atoms with E-state index in [1.54, 1.807) is 31.1 Å². The SMILES string of the molecule is C.C.C.C.C.C.C.C=C1C=CNC(=C)N1.C=C1C=CNN1.C=C1CC(=C)NC(=C)N1.C=C1CNNN1.C=C1N=CNC(=C)N1.C=C1NC(=C)NC(=C)N1.C=C1NC=CN1.CC(C)C.CC(C)C.CC(C)C.CC(C)C.CC(C)C.CC(C)C.CC(C)C. The van der Waals surface area contributed by atoms with Gasteiger partial charge in [0.2, 0.25) is 0 Å². The van der Waals surface area contributed by atoms with Gasteiger partial charge in [0, 0.05) is 59.7 Å². The molecule has 3 saturated heterocycles. The van der Waals surface area contributed by atoms with Crippen molar-refractivity contribution in [1.82, 2.24) is 85.7 Å². The zero-order valence-electron chi connectivity index (χ0n) is 54.6. The lowest BCUT2D eigenvalue weighted by atomic mass is 10.2. The molecule has 0 amide bonds. The lowest BCUT2D eigenvalue weighted by Crippen LogP contribution is -2.40. The summed E-state index contributed by atoms with van der Waals surface area (Å²) in [6.45, 7) is 93.6. The van der Waals surface area contributed by atoms with E-state index in [0.717, 1.165) is 100 Å². The van der Waals surface area contributed by atoms with Crippen LogP contribution in [-0.4, -0.2) is 12.9 Å². The number of hydrogen-bond acceptors (Lipinski definition) is 17. The Morgan fingerprint density at radius 1 is 0.322 bits per heavy atom. The van der Waals surface area contributed by atoms with Gasteiger partial charge in [0.1, 0.15) is 29.1 Å². The summed E-state index contributed by atoms with van der Waals surface area (Å²) >= 11 is 0. The number of nitrogens with zero attached hydrogens (tertiary/aromatic N) is 1. The molecule has 16 N–H and O–H groups in total. The zero-order valence-corrected chi connectivity index (χ0v) is 54.6. The van der Waals surface area contributed by atoms with Crippen LogP contribution in [0.4, 0.5) is 0 Å². The average Bonchev–Trinajstić information content (AvgIpc) is 4.05. The first-order chi connectivity index (χ1) is 36.7. The molecule has 7 aliphatic heterocycles. The molecule has 0 unspecified atom stereocenters. The topological polar surface area (TPSA) is 205 Å². The Hall–Kier alpha value is -7.37. The molecule has 7 aliphatic rings. The fourth-order valence-electron chi connectivity index (χ4n) is 3.36. The molecule has 0 aromatic rings. The van der Waals surface area contributed by atoms with Gasteiger partial charge in [-0.15, -0.1) is 0 Å². The minimum Gasteiger partial charge on any atom is -0.349 e. The van der Waals surface area contributed by atoms with Crippen molar-refractivity contribution in [3.63, 3.8) is 0 Å². The maximum Gasteiger partial charge on any atom is 0.125 e. The van der Waals surface area contributed by atoms with Crippen LogP contribution in [0.2, 0.25) is 0 Å². The number of nitrogens with one attached hydrogen (secondary N) is 16. The largest absolute Gasteiger partial charge is 0.349 e. The van der Waals surface area contributed by atoms with E-state index in [2.05, 4.69) is 322 Å². The molecule has 17 heteroatoms. The van der Waals surface area contributed by atoms with E-state index in [4.69, 9.17) is 0 Å². The van der Waals surface area contributed by atoms with Gasteiger partial charge in [0.15, 0.2) is 0 Å². The van der Waals surface area contributed by atoms with E-state index in [1.807, 2.05) is 12.2 Å². The third kappa shape index (κ3) is 139. The molecule has 0 bridgehead atoms. The molecule has 87 heavy (non-hydrogen) atoms. The van der Waals surface area contributed by atoms with E-state index in [1.165, 1.54) is 0 Å². The van der Waals surface area contributed by atoms with Crippen LogP contribution in [0.1, 0.15) is 204 Å². The molecular formula is C70H151N17.